The second kappa shape index (κ2) is 4.31. The Balaban J connectivity index is 2.41. The molecule has 1 aromatic carbocycles. The Bertz CT molecular complexity index is 492. The van der Waals surface area contributed by atoms with Gasteiger partial charge in [0, 0.05) is 18.8 Å². The van der Waals surface area contributed by atoms with E-state index in [1.807, 2.05) is 20.0 Å². The standard InChI is InChI=1S/C13H13FN2/c1-9-7-11(8-16-13(9)15-2)10-3-5-12(14)6-4-10/h3-8H,1-2H3,(H,15,16). The van der Waals surface area contributed by atoms with Gasteiger partial charge >= 0.3 is 0 Å². The van der Waals surface area contributed by atoms with Crippen LogP contribution < -0.4 is 5.32 Å². The van der Waals surface area contributed by atoms with Crippen LogP contribution in [0.4, 0.5) is 10.2 Å². The number of rotatable bonds is 2. The van der Waals surface area contributed by atoms with Crippen LogP contribution in [0.15, 0.2) is 36.5 Å². The van der Waals surface area contributed by atoms with E-state index in [4.69, 9.17) is 0 Å². The molecule has 1 N–H and O–H groups in total. The Labute approximate surface area is 94.2 Å². The summed E-state index contributed by atoms with van der Waals surface area (Å²) in [6.45, 7) is 1.99. The van der Waals surface area contributed by atoms with Gasteiger partial charge in [-0.15, -0.1) is 0 Å². The van der Waals surface area contributed by atoms with E-state index < -0.39 is 0 Å². The number of aromatic nitrogens is 1. The number of benzene rings is 1. The molecule has 0 aliphatic rings. The molecule has 0 saturated carbocycles. The van der Waals surface area contributed by atoms with Crippen LogP contribution in [0.3, 0.4) is 0 Å². The summed E-state index contributed by atoms with van der Waals surface area (Å²) >= 11 is 0. The molecule has 0 bridgehead atoms. The minimum absolute atomic E-state index is 0.222. The van der Waals surface area contributed by atoms with Gasteiger partial charge in [-0.1, -0.05) is 12.1 Å². The number of hydrogen-bond acceptors (Lipinski definition) is 2. The normalized spacial score (nSPS) is 10.2. The van der Waals surface area contributed by atoms with Crippen molar-refractivity contribution < 1.29 is 4.39 Å². The summed E-state index contributed by atoms with van der Waals surface area (Å²) in [5, 5.41) is 3.01. The number of aryl methyl sites for hydroxylation is 1. The fraction of sp³-hybridized carbons (Fsp3) is 0.154. The largest absolute Gasteiger partial charge is 0.373 e. The summed E-state index contributed by atoms with van der Waals surface area (Å²) in [5.74, 6) is 0.645. The van der Waals surface area contributed by atoms with Gasteiger partial charge in [0.1, 0.15) is 11.6 Å². The molecule has 0 amide bonds. The third kappa shape index (κ3) is 2.03. The molecule has 2 nitrogen and oxygen atoms in total. The average Bonchev–Trinajstić information content (AvgIpc) is 2.30. The third-order valence-electron chi connectivity index (χ3n) is 2.49. The van der Waals surface area contributed by atoms with Gasteiger partial charge in [-0.3, -0.25) is 0 Å². The number of halogens is 1. The van der Waals surface area contributed by atoms with Crippen molar-refractivity contribution in [3.05, 3.63) is 47.9 Å². The summed E-state index contributed by atoms with van der Waals surface area (Å²) in [6, 6.07) is 8.45. The van der Waals surface area contributed by atoms with Crippen molar-refractivity contribution in [1.29, 1.82) is 0 Å². The lowest BCUT2D eigenvalue weighted by molar-refractivity contribution is 0.628. The highest BCUT2D eigenvalue weighted by atomic mass is 19.1. The molecule has 0 unspecified atom stereocenters. The van der Waals surface area contributed by atoms with E-state index in [9.17, 15) is 4.39 Å². The highest BCUT2D eigenvalue weighted by Gasteiger charge is 2.02. The van der Waals surface area contributed by atoms with Crippen LogP contribution in [0.1, 0.15) is 5.56 Å². The van der Waals surface area contributed by atoms with E-state index in [2.05, 4.69) is 10.3 Å². The van der Waals surface area contributed by atoms with Crippen molar-refractivity contribution in [1.82, 2.24) is 4.98 Å². The first-order valence-corrected chi connectivity index (χ1v) is 5.11. The summed E-state index contributed by atoms with van der Waals surface area (Å²) in [7, 11) is 1.84. The lowest BCUT2D eigenvalue weighted by atomic mass is 10.1. The first-order valence-electron chi connectivity index (χ1n) is 5.11. The van der Waals surface area contributed by atoms with E-state index >= 15 is 0 Å². The van der Waals surface area contributed by atoms with E-state index in [1.54, 1.807) is 18.3 Å². The molecule has 3 heteroatoms. The summed E-state index contributed by atoms with van der Waals surface area (Å²) < 4.78 is 12.8. The summed E-state index contributed by atoms with van der Waals surface area (Å²) in [5.41, 5.74) is 3.04. The van der Waals surface area contributed by atoms with E-state index in [-0.39, 0.29) is 5.82 Å². The van der Waals surface area contributed by atoms with Crippen molar-refractivity contribution in [3.8, 4) is 11.1 Å². The molecule has 0 aliphatic heterocycles. The summed E-state index contributed by atoms with van der Waals surface area (Å²) in [6.07, 6.45) is 1.78. The molecular weight excluding hydrogens is 203 g/mol. The zero-order valence-corrected chi connectivity index (χ0v) is 9.29. The minimum atomic E-state index is -0.222. The van der Waals surface area contributed by atoms with Crippen molar-refractivity contribution in [2.24, 2.45) is 0 Å². The summed E-state index contributed by atoms with van der Waals surface area (Å²) in [4.78, 5) is 4.29. The Morgan fingerprint density at radius 1 is 1.12 bits per heavy atom. The average molecular weight is 216 g/mol. The number of nitrogens with zero attached hydrogens (tertiary/aromatic N) is 1. The maximum atomic E-state index is 12.8. The quantitative estimate of drug-likeness (QED) is 0.833. The van der Waals surface area contributed by atoms with Crippen molar-refractivity contribution in [3.63, 3.8) is 0 Å². The second-order valence-corrected chi connectivity index (χ2v) is 3.65. The van der Waals surface area contributed by atoms with Gasteiger partial charge in [0.25, 0.3) is 0 Å². The second-order valence-electron chi connectivity index (χ2n) is 3.65. The van der Waals surface area contributed by atoms with E-state index in [0.29, 0.717) is 0 Å². The predicted molar refractivity (Wildman–Crippen MR) is 63.9 cm³/mol. The zero-order valence-electron chi connectivity index (χ0n) is 9.29. The maximum absolute atomic E-state index is 12.8. The van der Waals surface area contributed by atoms with Crippen molar-refractivity contribution >= 4 is 5.82 Å². The highest BCUT2D eigenvalue weighted by molar-refractivity contribution is 5.65. The van der Waals surface area contributed by atoms with Crippen LogP contribution in [-0.2, 0) is 0 Å². The van der Waals surface area contributed by atoms with E-state index in [1.165, 1.54) is 12.1 Å². The van der Waals surface area contributed by atoms with Gasteiger partial charge in [-0.2, -0.15) is 0 Å². The number of pyridine rings is 1. The number of hydrogen-bond donors (Lipinski definition) is 1. The molecule has 1 aromatic heterocycles. The first-order chi connectivity index (χ1) is 7.70. The van der Waals surface area contributed by atoms with Gasteiger partial charge in [0.15, 0.2) is 0 Å². The molecule has 82 valence electrons. The fourth-order valence-electron chi connectivity index (χ4n) is 1.64. The molecule has 16 heavy (non-hydrogen) atoms. The van der Waals surface area contributed by atoms with Gasteiger partial charge in [-0.05, 0) is 36.2 Å². The lowest BCUT2D eigenvalue weighted by Gasteiger charge is -2.06. The molecule has 2 rings (SSSR count). The topological polar surface area (TPSA) is 24.9 Å². The molecule has 0 atom stereocenters. The maximum Gasteiger partial charge on any atom is 0.128 e. The molecule has 2 aromatic rings. The Morgan fingerprint density at radius 3 is 2.38 bits per heavy atom. The monoisotopic (exact) mass is 216 g/mol. The molecule has 0 fully saturated rings. The van der Waals surface area contributed by atoms with Crippen molar-refractivity contribution in [2.45, 2.75) is 6.92 Å². The number of nitrogens with one attached hydrogen (secondary N) is 1. The lowest BCUT2D eigenvalue weighted by Crippen LogP contribution is -1.95. The number of anilines is 1. The fourth-order valence-corrected chi connectivity index (χ4v) is 1.64. The van der Waals surface area contributed by atoms with Gasteiger partial charge in [0.05, 0.1) is 0 Å². The Morgan fingerprint density at radius 2 is 1.81 bits per heavy atom. The molecule has 1 heterocycles. The van der Waals surface area contributed by atoms with Crippen LogP contribution >= 0.6 is 0 Å². The first kappa shape index (κ1) is 10.6. The minimum Gasteiger partial charge on any atom is -0.373 e. The Hall–Kier alpha value is -1.90. The van der Waals surface area contributed by atoms with Crippen LogP contribution in [-0.4, -0.2) is 12.0 Å². The Kier molecular flexibility index (Phi) is 2.86. The van der Waals surface area contributed by atoms with Crippen molar-refractivity contribution in [2.75, 3.05) is 12.4 Å². The predicted octanol–water partition coefficient (Wildman–Crippen LogP) is 3.24. The molecule has 0 spiro atoms. The molecule has 0 aliphatic carbocycles. The van der Waals surface area contributed by atoms with Gasteiger partial charge in [0.2, 0.25) is 0 Å². The molecule has 0 radical (unpaired) electrons. The smallest absolute Gasteiger partial charge is 0.128 e. The molecular formula is C13H13FN2. The zero-order chi connectivity index (χ0) is 11.5. The highest BCUT2D eigenvalue weighted by Crippen LogP contribution is 2.22. The van der Waals surface area contributed by atoms with E-state index in [0.717, 1.165) is 22.5 Å². The van der Waals surface area contributed by atoms with Crippen LogP contribution in [0.25, 0.3) is 11.1 Å². The van der Waals surface area contributed by atoms with Crippen LogP contribution in [0.5, 0.6) is 0 Å². The third-order valence-corrected chi connectivity index (χ3v) is 2.49. The van der Waals surface area contributed by atoms with Gasteiger partial charge < -0.3 is 5.32 Å². The van der Waals surface area contributed by atoms with Crippen LogP contribution in [0.2, 0.25) is 0 Å². The van der Waals surface area contributed by atoms with Crippen LogP contribution in [0, 0.1) is 12.7 Å². The SMILES string of the molecule is CNc1ncc(-c2ccc(F)cc2)cc1C. The van der Waals surface area contributed by atoms with Gasteiger partial charge in [-0.25, -0.2) is 9.37 Å². The molecule has 0 saturated heterocycles.